The van der Waals surface area contributed by atoms with Gasteiger partial charge in [0, 0.05) is 17.0 Å². The molecule has 1 saturated carbocycles. The summed E-state index contributed by atoms with van der Waals surface area (Å²) in [5.74, 6) is 0. The van der Waals surface area contributed by atoms with Crippen molar-refractivity contribution in [2.75, 3.05) is 13.2 Å². The van der Waals surface area contributed by atoms with E-state index in [1.807, 2.05) is 31.2 Å². The van der Waals surface area contributed by atoms with Crippen LogP contribution in [-0.4, -0.2) is 30.3 Å². The summed E-state index contributed by atoms with van der Waals surface area (Å²) in [5, 5.41) is 15.5. The lowest BCUT2D eigenvalue weighted by Gasteiger charge is -2.20. The minimum atomic E-state index is -0.232. The summed E-state index contributed by atoms with van der Waals surface area (Å²) in [6.45, 7) is 2.46. The highest BCUT2D eigenvalue weighted by molar-refractivity contribution is 6.31. The monoisotopic (exact) mass is 296 g/mol. The van der Waals surface area contributed by atoms with E-state index < -0.39 is 0 Å². The van der Waals surface area contributed by atoms with Gasteiger partial charge in [0.25, 0.3) is 0 Å². The zero-order valence-electron chi connectivity index (χ0n) is 11.7. The van der Waals surface area contributed by atoms with Crippen LogP contribution in [0.3, 0.4) is 0 Å². The summed E-state index contributed by atoms with van der Waals surface area (Å²) < 4.78 is 0. The summed E-state index contributed by atoms with van der Waals surface area (Å²) in [6, 6.07) is 7.37. The van der Waals surface area contributed by atoms with Crippen LogP contribution in [0.5, 0.6) is 0 Å². The standard InChI is InChI=1S/C15H21ClN2O2/c1-2-11(9-19)18-14(20)17-10-15(7-8-15)12-5-3-4-6-13(12)16/h3-6,11,19H,2,7-10H2,1H3,(H2,17,18,20). The summed E-state index contributed by atoms with van der Waals surface area (Å²) in [5.41, 5.74) is 1.09. The third-order valence-electron chi connectivity index (χ3n) is 3.93. The molecule has 0 aromatic heterocycles. The van der Waals surface area contributed by atoms with Gasteiger partial charge in [-0.15, -0.1) is 0 Å². The van der Waals surface area contributed by atoms with E-state index in [2.05, 4.69) is 10.6 Å². The van der Waals surface area contributed by atoms with Crippen LogP contribution in [-0.2, 0) is 5.41 Å². The second-order valence-corrected chi connectivity index (χ2v) is 5.78. The molecule has 20 heavy (non-hydrogen) atoms. The minimum Gasteiger partial charge on any atom is -0.394 e. The van der Waals surface area contributed by atoms with Crippen LogP contribution in [0.4, 0.5) is 4.79 Å². The number of urea groups is 1. The van der Waals surface area contributed by atoms with E-state index in [4.69, 9.17) is 16.7 Å². The minimum absolute atomic E-state index is 0.0173. The fraction of sp³-hybridized carbons (Fsp3) is 0.533. The second kappa shape index (κ2) is 6.46. The second-order valence-electron chi connectivity index (χ2n) is 5.37. The number of amides is 2. The first-order valence-corrected chi connectivity index (χ1v) is 7.39. The Morgan fingerprint density at radius 3 is 2.70 bits per heavy atom. The number of carbonyl (C=O) groups excluding carboxylic acids is 1. The number of hydrogen-bond acceptors (Lipinski definition) is 2. The van der Waals surface area contributed by atoms with Crippen molar-refractivity contribution in [3.63, 3.8) is 0 Å². The molecule has 0 saturated heterocycles. The molecule has 0 radical (unpaired) electrons. The van der Waals surface area contributed by atoms with Gasteiger partial charge in [0.15, 0.2) is 0 Å². The van der Waals surface area contributed by atoms with E-state index in [-0.39, 0.29) is 24.1 Å². The lowest BCUT2D eigenvalue weighted by molar-refractivity contribution is 0.214. The fourth-order valence-corrected chi connectivity index (χ4v) is 2.68. The van der Waals surface area contributed by atoms with E-state index in [0.29, 0.717) is 13.0 Å². The Bertz CT molecular complexity index is 471. The number of rotatable bonds is 6. The molecule has 3 N–H and O–H groups in total. The molecule has 2 amide bonds. The quantitative estimate of drug-likeness (QED) is 0.755. The average Bonchev–Trinajstić information content (AvgIpc) is 3.24. The molecular formula is C15H21ClN2O2. The van der Waals surface area contributed by atoms with E-state index in [9.17, 15) is 4.79 Å². The van der Waals surface area contributed by atoms with E-state index in [0.717, 1.165) is 23.4 Å². The van der Waals surface area contributed by atoms with Crippen LogP contribution >= 0.6 is 11.6 Å². The maximum Gasteiger partial charge on any atom is 0.315 e. The Morgan fingerprint density at radius 1 is 1.45 bits per heavy atom. The highest BCUT2D eigenvalue weighted by atomic mass is 35.5. The smallest absolute Gasteiger partial charge is 0.315 e. The molecule has 0 heterocycles. The van der Waals surface area contributed by atoms with Crippen LogP contribution in [0.1, 0.15) is 31.7 Å². The Hall–Kier alpha value is -1.26. The van der Waals surface area contributed by atoms with Crippen molar-refractivity contribution in [2.45, 2.75) is 37.6 Å². The van der Waals surface area contributed by atoms with Gasteiger partial charge in [0.1, 0.15) is 0 Å². The summed E-state index contributed by atoms with van der Waals surface area (Å²) in [4.78, 5) is 11.8. The fourth-order valence-electron chi connectivity index (χ4n) is 2.35. The normalized spacial score (nSPS) is 17.4. The topological polar surface area (TPSA) is 61.4 Å². The third kappa shape index (κ3) is 3.44. The third-order valence-corrected chi connectivity index (χ3v) is 4.26. The van der Waals surface area contributed by atoms with Gasteiger partial charge < -0.3 is 15.7 Å². The van der Waals surface area contributed by atoms with E-state index in [1.54, 1.807) is 0 Å². The maximum absolute atomic E-state index is 11.8. The Balaban J connectivity index is 1.91. The molecule has 1 aliphatic carbocycles. The summed E-state index contributed by atoms with van der Waals surface area (Å²) in [7, 11) is 0. The van der Waals surface area contributed by atoms with Gasteiger partial charge in [0.2, 0.25) is 0 Å². The van der Waals surface area contributed by atoms with Crippen molar-refractivity contribution in [2.24, 2.45) is 0 Å². The molecule has 0 aliphatic heterocycles. The molecule has 1 aliphatic rings. The van der Waals surface area contributed by atoms with Gasteiger partial charge in [-0.1, -0.05) is 36.7 Å². The Morgan fingerprint density at radius 2 is 2.15 bits per heavy atom. The van der Waals surface area contributed by atoms with Crippen molar-refractivity contribution >= 4 is 17.6 Å². The zero-order valence-corrected chi connectivity index (χ0v) is 12.4. The van der Waals surface area contributed by atoms with Crippen LogP contribution in [0.15, 0.2) is 24.3 Å². The number of benzene rings is 1. The number of hydrogen-bond donors (Lipinski definition) is 3. The molecule has 1 unspecified atom stereocenters. The van der Waals surface area contributed by atoms with Gasteiger partial charge >= 0.3 is 6.03 Å². The zero-order chi connectivity index (χ0) is 14.6. The number of carbonyl (C=O) groups is 1. The molecule has 4 nitrogen and oxygen atoms in total. The largest absolute Gasteiger partial charge is 0.394 e. The molecule has 1 fully saturated rings. The summed E-state index contributed by atoms with van der Waals surface area (Å²) in [6.07, 6.45) is 2.78. The van der Waals surface area contributed by atoms with Crippen LogP contribution < -0.4 is 10.6 Å². The molecular weight excluding hydrogens is 276 g/mol. The Labute approximate surface area is 124 Å². The molecule has 0 bridgehead atoms. The van der Waals surface area contributed by atoms with Crippen molar-refractivity contribution < 1.29 is 9.90 Å². The van der Waals surface area contributed by atoms with Crippen LogP contribution in [0, 0.1) is 0 Å². The van der Waals surface area contributed by atoms with E-state index in [1.165, 1.54) is 0 Å². The predicted octanol–water partition coefficient (Wildman–Crippen LogP) is 2.44. The van der Waals surface area contributed by atoms with Crippen molar-refractivity contribution in [3.05, 3.63) is 34.9 Å². The molecule has 2 rings (SSSR count). The molecule has 1 aromatic carbocycles. The van der Waals surface area contributed by atoms with Gasteiger partial charge in [-0.25, -0.2) is 4.79 Å². The van der Waals surface area contributed by atoms with Gasteiger partial charge in [-0.3, -0.25) is 0 Å². The molecule has 110 valence electrons. The Kier molecular flexibility index (Phi) is 4.89. The molecule has 1 aromatic rings. The van der Waals surface area contributed by atoms with Gasteiger partial charge in [-0.2, -0.15) is 0 Å². The summed E-state index contributed by atoms with van der Waals surface area (Å²) >= 11 is 6.23. The first-order valence-electron chi connectivity index (χ1n) is 7.01. The number of halogens is 1. The van der Waals surface area contributed by atoms with Crippen molar-refractivity contribution in [1.82, 2.24) is 10.6 Å². The molecule has 1 atom stereocenters. The molecule has 5 heteroatoms. The number of aliphatic hydroxyl groups is 1. The first-order chi connectivity index (χ1) is 9.61. The lowest BCUT2D eigenvalue weighted by Crippen LogP contribution is -2.45. The van der Waals surface area contributed by atoms with Gasteiger partial charge in [0.05, 0.1) is 12.6 Å². The van der Waals surface area contributed by atoms with Crippen LogP contribution in [0.2, 0.25) is 5.02 Å². The number of aliphatic hydroxyl groups excluding tert-OH is 1. The van der Waals surface area contributed by atoms with E-state index >= 15 is 0 Å². The lowest BCUT2D eigenvalue weighted by atomic mass is 9.96. The van der Waals surface area contributed by atoms with Gasteiger partial charge in [-0.05, 0) is 30.9 Å². The average molecular weight is 297 g/mol. The highest BCUT2D eigenvalue weighted by Crippen LogP contribution is 2.49. The SMILES string of the molecule is CCC(CO)NC(=O)NCC1(c2ccccc2Cl)CC1. The van der Waals surface area contributed by atoms with Crippen molar-refractivity contribution in [1.29, 1.82) is 0 Å². The number of nitrogens with one attached hydrogen (secondary N) is 2. The highest BCUT2D eigenvalue weighted by Gasteiger charge is 2.45. The maximum atomic E-state index is 11.8. The van der Waals surface area contributed by atoms with Crippen molar-refractivity contribution in [3.8, 4) is 0 Å². The van der Waals surface area contributed by atoms with Crippen LogP contribution in [0.25, 0.3) is 0 Å². The molecule has 0 spiro atoms. The first kappa shape index (κ1) is 15.1. The predicted molar refractivity (Wildman–Crippen MR) is 80.1 cm³/mol.